The molecule has 1 fully saturated rings. The van der Waals surface area contributed by atoms with Gasteiger partial charge in [0, 0.05) is 13.1 Å². The van der Waals surface area contributed by atoms with Crippen molar-refractivity contribution in [1.29, 1.82) is 0 Å². The maximum atomic E-state index is 11.6. The van der Waals surface area contributed by atoms with Crippen LogP contribution in [0.25, 0.3) is 0 Å². The first-order valence-electron chi connectivity index (χ1n) is 4.79. The third kappa shape index (κ3) is 4.07. The van der Waals surface area contributed by atoms with E-state index in [0.717, 1.165) is 38.1 Å². The molecule has 0 radical (unpaired) electrons. The Bertz CT molecular complexity index is 174. The van der Waals surface area contributed by atoms with Gasteiger partial charge in [-0.1, -0.05) is 0 Å². The lowest BCUT2D eigenvalue weighted by molar-refractivity contribution is -0.131. The number of halogens is 1. The van der Waals surface area contributed by atoms with Crippen molar-refractivity contribution in [3.63, 3.8) is 0 Å². The van der Waals surface area contributed by atoms with Crippen LogP contribution in [0.15, 0.2) is 0 Å². The van der Waals surface area contributed by atoms with Crippen molar-refractivity contribution < 1.29 is 4.79 Å². The summed E-state index contributed by atoms with van der Waals surface area (Å²) in [5.74, 6) is 1.12. The highest BCUT2D eigenvalue weighted by atomic mass is 35.5. The Balaban J connectivity index is 0.00000169. The SMILES string of the molecule is CSCCC(N)C(=O)N1CCCC1.Cl. The second-order valence-corrected chi connectivity index (χ2v) is 4.41. The summed E-state index contributed by atoms with van der Waals surface area (Å²) in [5.41, 5.74) is 5.78. The molecule has 84 valence electrons. The van der Waals surface area contributed by atoms with E-state index < -0.39 is 0 Å². The van der Waals surface area contributed by atoms with E-state index in [4.69, 9.17) is 5.73 Å². The zero-order valence-corrected chi connectivity index (χ0v) is 10.2. The molecule has 3 nitrogen and oxygen atoms in total. The fourth-order valence-electron chi connectivity index (χ4n) is 1.54. The Morgan fingerprint density at radius 1 is 1.50 bits per heavy atom. The van der Waals surface area contributed by atoms with Gasteiger partial charge in [-0.15, -0.1) is 12.4 Å². The average Bonchev–Trinajstić information content (AvgIpc) is 2.65. The summed E-state index contributed by atoms with van der Waals surface area (Å²) in [6.45, 7) is 1.82. The summed E-state index contributed by atoms with van der Waals surface area (Å²) in [6.07, 6.45) is 5.12. The number of hydrogen-bond donors (Lipinski definition) is 1. The van der Waals surface area contributed by atoms with E-state index in [-0.39, 0.29) is 24.4 Å². The summed E-state index contributed by atoms with van der Waals surface area (Å²) >= 11 is 1.74. The van der Waals surface area contributed by atoms with Crippen molar-refractivity contribution in [2.24, 2.45) is 5.73 Å². The van der Waals surface area contributed by atoms with E-state index >= 15 is 0 Å². The van der Waals surface area contributed by atoms with Gasteiger partial charge in [0.25, 0.3) is 0 Å². The van der Waals surface area contributed by atoms with Gasteiger partial charge < -0.3 is 10.6 Å². The Morgan fingerprint density at radius 3 is 2.57 bits per heavy atom. The second kappa shape index (κ2) is 7.37. The fraction of sp³-hybridized carbons (Fsp3) is 0.889. The van der Waals surface area contributed by atoms with Gasteiger partial charge in [0.15, 0.2) is 0 Å². The van der Waals surface area contributed by atoms with Crippen molar-refractivity contribution >= 4 is 30.1 Å². The molecule has 1 rings (SSSR count). The van der Waals surface area contributed by atoms with Crippen LogP contribution in [-0.4, -0.2) is 41.9 Å². The van der Waals surface area contributed by atoms with Gasteiger partial charge in [-0.25, -0.2) is 0 Å². The van der Waals surface area contributed by atoms with Gasteiger partial charge in [-0.2, -0.15) is 11.8 Å². The molecule has 0 aromatic rings. The molecule has 1 atom stereocenters. The molecule has 1 unspecified atom stereocenters. The van der Waals surface area contributed by atoms with Gasteiger partial charge in [0.1, 0.15) is 0 Å². The van der Waals surface area contributed by atoms with E-state index in [1.54, 1.807) is 11.8 Å². The molecule has 0 spiro atoms. The summed E-state index contributed by atoms with van der Waals surface area (Å²) in [4.78, 5) is 13.5. The Labute approximate surface area is 96.2 Å². The first-order chi connectivity index (χ1) is 6.25. The van der Waals surface area contributed by atoms with Crippen LogP contribution >= 0.6 is 24.2 Å². The average molecular weight is 239 g/mol. The lowest BCUT2D eigenvalue weighted by Gasteiger charge is -2.19. The number of carbonyl (C=O) groups excluding carboxylic acids is 1. The number of rotatable bonds is 4. The number of amides is 1. The van der Waals surface area contributed by atoms with Crippen LogP contribution in [0.2, 0.25) is 0 Å². The maximum absolute atomic E-state index is 11.6. The van der Waals surface area contributed by atoms with Crippen molar-refractivity contribution in [3.05, 3.63) is 0 Å². The van der Waals surface area contributed by atoms with E-state index in [2.05, 4.69) is 0 Å². The number of likely N-dealkylation sites (tertiary alicyclic amines) is 1. The standard InChI is InChI=1S/C9H18N2OS.ClH/c1-13-7-4-8(10)9(12)11-5-2-3-6-11;/h8H,2-7,10H2,1H3;1H. The minimum atomic E-state index is -0.273. The smallest absolute Gasteiger partial charge is 0.239 e. The van der Waals surface area contributed by atoms with Crippen LogP contribution in [0.1, 0.15) is 19.3 Å². The highest BCUT2D eigenvalue weighted by molar-refractivity contribution is 7.98. The monoisotopic (exact) mass is 238 g/mol. The lowest BCUT2D eigenvalue weighted by atomic mass is 10.2. The first kappa shape index (κ1) is 14.1. The van der Waals surface area contributed by atoms with Crippen LogP contribution in [0, 0.1) is 0 Å². The summed E-state index contributed by atoms with van der Waals surface area (Å²) in [5, 5.41) is 0. The molecular weight excluding hydrogens is 220 g/mol. The molecular formula is C9H19ClN2OS. The number of thioether (sulfide) groups is 1. The molecule has 1 heterocycles. The van der Waals surface area contributed by atoms with Crippen molar-refractivity contribution in [2.75, 3.05) is 25.1 Å². The van der Waals surface area contributed by atoms with Gasteiger partial charge >= 0.3 is 0 Å². The van der Waals surface area contributed by atoms with Crippen LogP contribution in [0.5, 0.6) is 0 Å². The molecule has 0 aromatic heterocycles. The number of carbonyl (C=O) groups is 1. The number of nitrogens with zero attached hydrogens (tertiary/aromatic N) is 1. The molecule has 14 heavy (non-hydrogen) atoms. The molecule has 0 bridgehead atoms. The summed E-state index contributed by atoms with van der Waals surface area (Å²) in [6, 6.07) is -0.273. The van der Waals surface area contributed by atoms with Gasteiger partial charge in [0.05, 0.1) is 6.04 Å². The quantitative estimate of drug-likeness (QED) is 0.798. The van der Waals surface area contributed by atoms with E-state index in [1.165, 1.54) is 0 Å². The molecule has 2 N–H and O–H groups in total. The topological polar surface area (TPSA) is 46.3 Å². The third-order valence-electron chi connectivity index (χ3n) is 2.37. The number of nitrogens with two attached hydrogens (primary N) is 1. The van der Waals surface area contributed by atoms with E-state index in [1.807, 2.05) is 11.2 Å². The summed E-state index contributed by atoms with van der Waals surface area (Å²) in [7, 11) is 0. The van der Waals surface area contributed by atoms with Crippen molar-refractivity contribution in [2.45, 2.75) is 25.3 Å². The largest absolute Gasteiger partial charge is 0.341 e. The minimum absolute atomic E-state index is 0. The van der Waals surface area contributed by atoms with Crippen LogP contribution in [0.3, 0.4) is 0 Å². The maximum Gasteiger partial charge on any atom is 0.239 e. The Hall–Kier alpha value is 0.0700. The lowest BCUT2D eigenvalue weighted by Crippen LogP contribution is -2.42. The molecule has 1 aliphatic rings. The molecule has 5 heteroatoms. The zero-order chi connectivity index (χ0) is 9.68. The molecule has 1 saturated heterocycles. The first-order valence-corrected chi connectivity index (χ1v) is 6.18. The van der Waals surface area contributed by atoms with Crippen LogP contribution in [-0.2, 0) is 4.79 Å². The van der Waals surface area contributed by atoms with Crippen molar-refractivity contribution in [1.82, 2.24) is 4.90 Å². The third-order valence-corrected chi connectivity index (χ3v) is 3.01. The molecule has 1 aliphatic heterocycles. The zero-order valence-electron chi connectivity index (χ0n) is 8.57. The van der Waals surface area contributed by atoms with E-state index in [0.29, 0.717) is 0 Å². The van der Waals surface area contributed by atoms with Crippen LogP contribution < -0.4 is 5.73 Å². The molecule has 0 aliphatic carbocycles. The Morgan fingerprint density at radius 2 is 2.07 bits per heavy atom. The highest BCUT2D eigenvalue weighted by Gasteiger charge is 2.22. The van der Waals surface area contributed by atoms with Crippen molar-refractivity contribution in [3.8, 4) is 0 Å². The Kier molecular flexibility index (Phi) is 7.41. The second-order valence-electron chi connectivity index (χ2n) is 3.42. The predicted octanol–water partition coefficient (Wildman–Crippen LogP) is 1.11. The van der Waals surface area contributed by atoms with E-state index in [9.17, 15) is 4.79 Å². The van der Waals surface area contributed by atoms with Gasteiger partial charge in [-0.3, -0.25) is 4.79 Å². The van der Waals surface area contributed by atoms with Gasteiger partial charge in [0.2, 0.25) is 5.91 Å². The summed E-state index contributed by atoms with van der Waals surface area (Å²) < 4.78 is 0. The minimum Gasteiger partial charge on any atom is -0.341 e. The fourth-order valence-corrected chi connectivity index (χ4v) is 2.03. The predicted molar refractivity (Wildman–Crippen MR) is 64.0 cm³/mol. The highest BCUT2D eigenvalue weighted by Crippen LogP contribution is 2.10. The normalized spacial score (nSPS) is 17.7. The van der Waals surface area contributed by atoms with Crippen LogP contribution in [0.4, 0.5) is 0 Å². The van der Waals surface area contributed by atoms with Gasteiger partial charge in [-0.05, 0) is 31.3 Å². The molecule has 0 saturated carbocycles. The molecule has 1 amide bonds. The molecule has 0 aromatic carbocycles. The number of hydrogen-bond acceptors (Lipinski definition) is 3.